The predicted octanol–water partition coefficient (Wildman–Crippen LogP) is 19.0. The molecule has 0 amide bonds. The van der Waals surface area contributed by atoms with Gasteiger partial charge in [-0.25, -0.2) is 4.98 Å². The van der Waals surface area contributed by atoms with E-state index in [4.69, 9.17) is 13.0 Å². The average Bonchev–Trinajstić information content (AvgIpc) is 1.38. The van der Waals surface area contributed by atoms with E-state index in [-0.39, 0.29) is 60.0 Å². The second kappa shape index (κ2) is 19.8. The summed E-state index contributed by atoms with van der Waals surface area (Å²) in [5.74, 6) is -2.94. The molecule has 1 aliphatic rings. The largest absolute Gasteiger partial charge is 0.509 e. The minimum Gasteiger partial charge on any atom is -0.509 e. The molecule has 10 aromatic rings. The maximum Gasteiger partial charge on any atom is 0.135 e. The van der Waals surface area contributed by atoms with Crippen LogP contribution in [0.15, 0.2) is 182 Å². The van der Waals surface area contributed by atoms with Crippen LogP contribution in [0, 0.1) is 18.8 Å². The first kappa shape index (κ1) is 41.1. The Bertz CT molecular complexity index is 4090. The summed E-state index contributed by atoms with van der Waals surface area (Å²) in [5, 5.41) is 1.39. The third-order valence-corrected chi connectivity index (χ3v) is 14.0. The van der Waals surface area contributed by atoms with E-state index in [0.29, 0.717) is 27.9 Å². The smallest absolute Gasteiger partial charge is 0.135 e. The fraction of sp³-hybridized carbons (Fsp3) is 0.217. The predicted molar refractivity (Wildman–Crippen MR) is 311 cm³/mol. The molecule has 2 aromatic heterocycles. The molecule has 0 saturated heterocycles. The Kier molecular flexibility index (Phi) is 10.9. The van der Waals surface area contributed by atoms with Gasteiger partial charge < -0.3 is 19.1 Å². The molecule has 0 fully saturated rings. The number of hydrogen-bond donors (Lipinski definition) is 0. The van der Waals surface area contributed by atoms with Crippen molar-refractivity contribution in [3.8, 4) is 50.7 Å². The van der Waals surface area contributed by atoms with E-state index in [1.165, 1.54) is 16.7 Å². The molecular weight excluding hydrogens is 1100 g/mol. The maximum atomic E-state index is 9.79. The van der Waals surface area contributed by atoms with Gasteiger partial charge in [-0.3, -0.25) is 0 Å². The third kappa shape index (κ3) is 9.84. The molecule has 0 aliphatic carbocycles. The number of nitrogens with zero attached hydrogens (tertiary/aromatic N) is 4. The van der Waals surface area contributed by atoms with Crippen LogP contribution in [-0.2, 0) is 37.3 Å². The van der Waals surface area contributed by atoms with Gasteiger partial charge in [0.25, 0.3) is 0 Å². The summed E-state index contributed by atoms with van der Waals surface area (Å²) < 4.78 is 88.1. The molecule has 8 aromatic carbocycles. The van der Waals surface area contributed by atoms with Crippen LogP contribution in [0.4, 0.5) is 22.7 Å². The van der Waals surface area contributed by atoms with Gasteiger partial charge in [0.15, 0.2) is 0 Å². The monoisotopic (exact) mass is 1170 g/mol. The molecule has 0 N–H and O–H groups in total. The molecule has 0 saturated carbocycles. The third-order valence-electron chi connectivity index (χ3n) is 14.0. The zero-order valence-electron chi connectivity index (χ0n) is 52.8. The van der Waals surface area contributed by atoms with Gasteiger partial charge in [0.1, 0.15) is 5.82 Å². The van der Waals surface area contributed by atoms with Gasteiger partial charge >= 0.3 is 0 Å². The number of ether oxygens (including phenoxy) is 1. The molecule has 6 heteroatoms. The first-order chi connectivity index (χ1) is 39.0. The Balaban J connectivity index is 0.00000786. The van der Waals surface area contributed by atoms with Crippen LogP contribution in [-0.4, -0.2) is 9.55 Å². The molecule has 0 unspecified atom stereocenters. The standard InChI is InChI=1S/C69H65N4O.Pt/c1-45(2)57-42-65(70-43-60(57)47-25-16-13-17-26-47)73-61-30-19-18-29-55(61)56-34-33-54(41-64(56)73)74-53-28-22-27-52(40-53)71-44-72(63-32-21-20-31-62(63)71)66-58(46-23-14-12-15-24-46)38-51(69(9,10)11)39-59(66)48-35-49(67(3,4)5)37-50(36-48)68(6,7)8;/h12-39,42-45H,1-11H3;/q-3;/i1D3,2D3,42D,43D,45D;. The Morgan fingerprint density at radius 3 is 1.76 bits per heavy atom. The number of hydrogen-bond acceptors (Lipinski definition) is 4. The van der Waals surface area contributed by atoms with Crippen LogP contribution >= 0.6 is 0 Å². The van der Waals surface area contributed by atoms with E-state index >= 15 is 0 Å². The quantitative estimate of drug-likeness (QED) is 0.135. The second-order valence-corrected chi connectivity index (χ2v) is 22.3. The summed E-state index contributed by atoms with van der Waals surface area (Å²) in [4.78, 5) is 9.07. The molecule has 0 spiro atoms. The van der Waals surface area contributed by atoms with Gasteiger partial charge in [0.05, 0.1) is 2.74 Å². The number of para-hydroxylation sites is 3. The number of benzene rings is 8. The zero-order valence-corrected chi connectivity index (χ0v) is 46.0. The summed E-state index contributed by atoms with van der Waals surface area (Å²) in [7, 11) is 0. The summed E-state index contributed by atoms with van der Waals surface area (Å²) in [6.07, 6.45) is -0.496. The topological polar surface area (TPSA) is 33.5 Å². The number of pyridine rings is 1. The minimum atomic E-state index is -3.46. The van der Waals surface area contributed by atoms with Gasteiger partial charge in [0, 0.05) is 87.6 Å². The molecule has 1 aliphatic heterocycles. The van der Waals surface area contributed by atoms with Crippen LogP contribution in [0.25, 0.3) is 61.0 Å². The maximum absolute atomic E-state index is 9.79. The number of fused-ring (bicyclic) bond motifs is 4. The number of anilines is 4. The first-order valence-corrected chi connectivity index (χ1v) is 25.2. The second-order valence-electron chi connectivity index (χ2n) is 22.3. The molecule has 380 valence electrons. The van der Waals surface area contributed by atoms with Crippen molar-refractivity contribution in [3.63, 3.8) is 0 Å². The van der Waals surface area contributed by atoms with E-state index < -0.39 is 37.4 Å². The SMILES string of the molecule is [2H]c1nc(-n2c3[c-]c(Oc4[c-]c(N5[CH-]N(c6c(-c7ccccc7)cc(C(C)(C)C)cc6-c6cc(C(C)(C)C)cc(C(C)(C)C)c6)c6ccccc65)ccc4)ccc3c3ccccc32)c([2H])c(C([2H])(C([2H])([2H])[2H])C([2H])([2H])[2H])c1-c1ccccc1.[Pt]. The van der Waals surface area contributed by atoms with Crippen molar-refractivity contribution in [1.29, 1.82) is 0 Å². The molecule has 75 heavy (non-hydrogen) atoms. The van der Waals surface area contributed by atoms with Crippen molar-refractivity contribution in [1.82, 2.24) is 9.55 Å². The zero-order chi connectivity index (χ0) is 59.3. The molecule has 5 nitrogen and oxygen atoms in total. The summed E-state index contributed by atoms with van der Waals surface area (Å²) >= 11 is 0. The molecule has 0 bridgehead atoms. The molecule has 0 atom stereocenters. The number of aromatic nitrogens is 2. The van der Waals surface area contributed by atoms with Gasteiger partial charge in [-0.15, -0.1) is 48.1 Å². The van der Waals surface area contributed by atoms with Crippen LogP contribution in [0.2, 0.25) is 0 Å². The van der Waals surface area contributed by atoms with Crippen LogP contribution in [0.1, 0.15) is 117 Å². The van der Waals surface area contributed by atoms with Crippen molar-refractivity contribution >= 4 is 44.6 Å². The summed E-state index contributed by atoms with van der Waals surface area (Å²) in [6.45, 7) is 15.6. The van der Waals surface area contributed by atoms with E-state index in [2.05, 4.69) is 175 Å². The Labute approximate surface area is 471 Å². The van der Waals surface area contributed by atoms with E-state index in [1.54, 1.807) is 53.1 Å². The van der Waals surface area contributed by atoms with Gasteiger partial charge in [0.2, 0.25) is 0 Å². The Hall–Kier alpha value is -7.20. The van der Waals surface area contributed by atoms with Crippen molar-refractivity contribution in [2.75, 3.05) is 9.80 Å². The van der Waals surface area contributed by atoms with Gasteiger partial charge in [-0.1, -0.05) is 191 Å². The van der Waals surface area contributed by atoms with Gasteiger partial charge in [-0.2, -0.15) is 12.1 Å². The molecular formula is C69H65N4OPt-3. The van der Waals surface area contributed by atoms with Crippen LogP contribution in [0.5, 0.6) is 11.5 Å². The number of rotatable bonds is 9. The van der Waals surface area contributed by atoms with Crippen molar-refractivity contribution in [2.45, 2.75) is 98.2 Å². The minimum absolute atomic E-state index is 0. The van der Waals surface area contributed by atoms with Gasteiger partial charge in [-0.05, 0) is 103 Å². The molecule has 11 rings (SSSR count). The fourth-order valence-corrected chi connectivity index (χ4v) is 9.90. The molecule has 0 radical (unpaired) electrons. The van der Waals surface area contributed by atoms with Crippen molar-refractivity contribution in [2.24, 2.45) is 0 Å². The molecule has 3 heterocycles. The average molecular weight is 1170 g/mol. The normalized spacial score (nSPS) is 15.1. The van der Waals surface area contributed by atoms with Crippen LogP contribution in [0.3, 0.4) is 0 Å². The summed E-state index contributed by atoms with van der Waals surface area (Å²) in [5.41, 5.74) is 11.6. The van der Waals surface area contributed by atoms with E-state index in [1.807, 2.05) is 42.5 Å². The van der Waals surface area contributed by atoms with Crippen molar-refractivity contribution in [3.05, 3.63) is 223 Å². The van der Waals surface area contributed by atoms with Crippen LogP contribution < -0.4 is 14.5 Å². The van der Waals surface area contributed by atoms with E-state index in [0.717, 1.165) is 44.7 Å². The fourth-order valence-electron chi connectivity index (χ4n) is 9.90. The Morgan fingerprint density at radius 2 is 1.12 bits per heavy atom. The van der Waals surface area contributed by atoms with Crippen molar-refractivity contribution < 1.29 is 38.1 Å². The Morgan fingerprint density at radius 1 is 0.560 bits per heavy atom. The summed E-state index contributed by atoms with van der Waals surface area (Å²) in [6, 6.07) is 62.0. The first-order valence-electron chi connectivity index (χ1n) is 29.7. The van der Waals surface area contributed by atoms with E-state index in [9.17, 15) is 4.11 Å².